The minimum Gasteiger partial charge on any atom is -0.464 e. The second-order valence-corrected chi connectivity index (χ2v) is 5.22. The summed E-state index contributed by atoms with van der Waals surface area (Å²) in [6, 6.07) is 7.86. The molecule has 20 heavy (non-hydrogen) atoms. The summed E-state index contributed by atoms with van der Waals surface area (Å²) < 4.78 is 5.35. The number of halogens is 1. The Hall–Kier alpha value is -1.53. The number of hydrogen-bond acceptors (Lipinski definition) is 6. The third-order valence-corrected chi connectivity index (χ3v) is 3.30. The average molecular weight is 311 g/mol. The molecule has 2 rings (SSSR count). The van der Waals surface area contributed by atoms with Crippen LogP contribution in [0.5, 0.6) is 6.01 Å². The van der Waals surface area contributed by atoms with E-state index >= 15 is 0 Å². The van der Waals surface area contributed by atoms with Crippen molar-refractivity contribution in [3.63, 3.8) is 0 Å². The van der Waals surface area contributed by atoms with Crippen LogP contribution in [0.15, 0.2) is 34.3 Å². The normalized spacial score (nSPS) is 10.3. The second-order valence-electron chi connectivity index (χ2n) is 3.75. The van der Waals surface area contributed by atoms with Gasteiger partial charge in [-0.15, -0.1) is 0 Å². The van der Waals surface area contributed by atoms with E-state index in [1.54, 1.807) is 0 Å². The predicted molar refractivity (Wildman–Crippen MR) is 80.7 cm³/mol. The van der Waals surface area contributed by atoms with E-state index in [9.17, 15) is 0 Å². The monoisotopic (exact) mass is 310 g/mol. The smallest absolute Gasteiger partial charge is 0.322 e. The van der Waals surface area contributed by atoms with E-state index in [1.165, 1.54) is 11.8 Å². The number of benzene rings is 1. The van der Waals surface area contributed by atoms with Gasteiger partial charge in [0.25, 0.3) is 0 Å². The molecule has 1 aromatic carbocycles. The topological polar surface area (TPSA) is 59.9 Å². The lowest BCUT2D eigenvalue weighted by Gasteiger charge is -2.07. The van der Waals surface area contributed by atoms with Gasteiger partial charge in [0.1, 0.15) is 0 Å². The van der Waals surface area contributed by atoms with Crippen LogP contribution >= 0.6 is 23.4 Å². The van der Waals surface area contributed by atoms with E-state index in [0.717, 1.165) is 11.4 Å². The molecular formula is C13H15ClN4OS. The fraction of sp³-hybridized carbons (Fsp3) is 0.308. The largest absolute Gasteiger partial charge is 0.464 e. The Morgan fingerprint density at radius 1 is 1.25 bits per heavy atom. The lowest BCUT2D eigenvalue weighted by atomic mass is 10.4. The van der Waals surface area contributed by atoms with Gasteiger partial charge in [-0.05, 0) is 43.8 Å². The molecule has 0 saturated heterocycles. The molecule has 0 radical (unpaired) electrons. The number of hydrogen-bond donors (Lipinski definition) is 1. The van der Waals surface area contributed by atoms with Gasteiger partial charge in [-0.25, -0.2) is 0 Å². The van der Waals surface area contributed by atoms with Gasteiger partial charge < -0.3 is 10.1 Å². The van der Waals surface area contributed by atoms with Crippen molar-refractivity contribution in [2.45, 2.75) is 23.9 Å². The first kappa shape index (κ1) is 14.9. The highest BCUT2D eigenvalue weighted by atomic mass is 35.5. The second kappa shape index (κ2) is 7.31. The van der Waals surface area contributed by atoms with Crippen LogP contribution < -0.4 is 10.1 Å². The zero-order valence-electron chi connectivity index (χ0n) is 11.3. The van der Waals surface area contributed by atoms with Crippen LogP contribution in [0.4, 0.5) is 5.95 Å². The summed E-state index contributed by atoms with van der Waals surface area (Å²) in [5.74, 6) is 0.510. The van der Waals surface area contributed by atoms with Crippen LogP contribution in [0.2, 0.25) is 5.02 Å². The van der Waals surface area contributed by atoms with Gasteiger partial charge in [-0.1, -0.05) is 17.7 Å². The van der Waals surface area contributed by atoms with Gasteiger partial charge in [-0.2, -0.15) is 15.0 Å². The number of ether oxygens (including phenoxy) is 1. The Kier molecular flexibility index (Phi) is 5.43. The maximum absolute atomic E-state index is 5.97. The molecule has 0 unspecified atom stereocenters. The van der Waals surface area contributed by atoms with Crippen molar-refractivity contribution in [3.8, 4) is 6.01 Å². The molecule has 5 nitrogen and oxygen atoms in total. The molecule has 1 heterocycles. The van der Waals surface area contributed by atoms with Gasteiger partial charge in [0.2, 0.25) is 11.1 Å². The van der Waals surface area contributed by atoms with Crippen LogP contribution in [-0.2, 0) is 0 Å². The summed E-state index contributed by atoms with van der Waals surface area (Å²) >= 11 is 7.38. The summed E-state index contributed by atoms with van der Waals surface area (Å²) in [6.45, 7) is 5.11. The Morgan fingerprint density at radius 2 is 2.10 bits per heavy atom. The number of aromatic nitrogens is 3. The molecule has 7 heteroatoms. The quantitative estimate of drug-likeness (QED) is 0.881. The third-order valence-electron chi connectivity index (χ3n) is 2.21. The van der Waals surface area contributed by atoms with Crippen LogP contribution in [0, 0.1) is 0 Å². The molecule has 0 aliphatic heterocycles. The van der Waals surface area contributed by atoms with E-state index in [0.29, 0.717) is 28.7 Å². The Morgan fingerprint density at radius 3 is 2.80 bits per heavy atom. The highest BCUT2D eigenvalue weighted by Crippen LogP contribution is 2.28. The summed E-state index contributed by atoms with van der Waals surface area (Å²) in [5.41, 5.74) is 0. The number of nitrogens with zero attached hydrogens (tertiary/aromatic N) is 3. The molecule has 1 N–H and O–H groups in total. The molecule has 0 bridgehead atoms. The lowest BCUT2D eigenvalue weighted by molar-refractivity contribution is 0.308. The van der Waals surface area contributed by atoms with E-state index < -0.39 is 0 Å². The average Bonchev–Trinajstić information content (AvgIpc) is 2.39. The summed E-state index contributed by atoms with van der Waals surface area (Å²) in [6.07, 6.45) is 0. The van der Waals surface area contributed by atoms with E-state index in [-0.39, 0.29) is 0 Å². The molecule has 1 aromatic heterocycles. The number of rotatable bonds is 6. The maximum Gasteiger partial charge on any atom is 0.322 e. The minimum absolute atomic E-state index is 0.322. The lowest BCUT2D eigenvalue weighted by Crippen LogP contribution is -2.07. The summed E-state index contributed by atoms with van der Waals surface area (Å²) in [5, 5.41) is 4.31. The van der Waals surface area contributed by atoms with Gasteiger partial charge in [0, 0.05) is 16.5 Å². The fourth-order valence-electron chi connectivity index (χ4n) is 1.45. The van der Waals surface area contributed by atoms with Crippen molar-refractivity contribution >= 4 is 29.3 Å². The molecule has 0 saturated carbocycles. The maximum atomic E-state index is 5.97. The predicted octanol–water partition coefficient (Wildman–Crippen LogP) is 3.51. The number of nitrogens with one attached hydrogen (secondary N) is 1. The van der Waals surface area contributed by atoms with Crippen LogP contribution in [0.1, 0.15) is 13.8 Å². The zero-order valence-corrected chi connectivity index (χ0v) is 12.8. The first-order chi connectivity index (χ1) is 9.71. The molecular weight excluding hydrogens is 296 g/mol. The molecule has 0 fully saturated rings. The zero-order chi connectivity index (χ0) is 14.4. The van der Waals surface area contributed by atoms with Crippen LogP contribution in [0.25, 0.3) is 0 Å². The molecule has 0 aliphatic rings. The van der Waals surface area contributed by atoms with Gasteiger partial charge in [-0.3, -0.25) is 0 Å². The van der Waals surface area contributed by atoms with E-state index in [1.807, 2.05) is 38.1 Å². The van der Waals surface area contributed by atoms with E-state index in [4.69, 9.17) is 16.3 Å². The Labute approximate surface area is 127 Å². The van der Waals surface area contributed by atoms with Crippen molar-refractivity contribution < 1.29 is 4.74 Å². The minimum atomic E-state index is 0.322. The molecule has 106 valence electrons. The SMILES string of the molecule is CCNc1nc(OCC)nc(Sc2cccc(Cl)c2)n1. The molecule has 0 atom stereocenters. The standard InChI is InChI=1S/C13H15ClN4OS/c1-3-15-11-16-12(19-4-2)18-13(17-11)20-10-7-5-6-9(14)8-10/h5-8H,3-4H2,1-2H3,(H,15,16,17,18). The fourth-order valence-corrected chi connectivity index (χ4v) is 2.50. The van der Waals surface area contributed by atoms with Crippen molar-refractivity contribution in [2.75, 3.05) is 18.5 Å². The van der Waals surface area contributed by atoms with Crippen LogP contribution in [0.3, 0.4) is 0 Å². The highest BCUT2D eigenvalue weighted by molar-refractivity contribution is 7.99. The summed E-state index contributed by atoms with van der Waals surface area (Å²) in [7, 11) is 0. The van der Waals surface area contributed by atoms with Gasteiger partial charge in [0.15, 0.2) is 0 Å². The highest BCUT2D eigenvalue weighted by Gasteiger charge is 2.08. The van der Waals surface area contributed by atoms with Crippen molar-refractivity contribution in [3.05, 3.63) is 29.3 Å². The van der Waals surface area contributed by atoms with Crippen molar-refractivity contribution in [1.29, 1.82) is 0 Å². The van der Waals surface area contributed by atoms with Crippen LogP contribution in [-0.4, -0.2) is 28.1 Å². The Balaban J connectivity index is 2.25. The molecule has 0 aliphatic carbocycles. The first-order valence-corrected chi connectivity index (χ1v) is 7.47. The van der Waals surface area contributed by atoms with Crippen molar-refractivity contribution in [1.82, 2.24) is 15.0 Å². The van der Waals surface area contributed by atoms with Gasteiger partial charge in [0.05, 0.1) is 6.61 Å². The first-order valence-electron chi connectivity index (χ1n) is 6.27. The van der Waals surface area contributed by atoms with Crippen molar-refractivity contribution in [2.24, 2.45) is 0 Å². The Bertz CT molecular complexity index is 558. The van der Waals surface area contributed by atoms with Gasteiger partial charge >= 0.3 is 6.01 Å². The number of anilines is 1. The molecule has 2 aromatic rings. The summed E-state index contributed by atoms with van der Waals surface area (Å²) in [4.78, 5) is 13.7. The third kappa shape index (κ3) is 4.25. The molecule has 0 spiro atoms. The van der Waals surface area contributed by atoms with E-state index in [2.05, 4.69) is 20.3 Å². The molecule has 0 amide bonds.